The quantitative estimate of drug-likeness (QED) is 0.786. The summed E-state index contributed by atoms with van der Waals surface area (Å²) in [5.74, 6) is -0.803. The highest BCUT2D eigenvalue weighted by Crippen LogP contribution is 2.10. The van der Waals surface area contributed by atoms with Crippen LogP contribution in [0.5, 0.6) is 0 Å². The number of nitrogens with one attached hydrogen (secondary N) is 2. The fraction of sp³-hybridized carbons (Fsp3) is 0.188. The zero-order chi connectivity index (χ0) is 17.6. The first-order valence-electron chi connectivity index (χ1n) is 7.13. The lowest BCUT2D eigenvalue weighted by molar-refractivity contribution is -0.121. The molecule has 0 fully saturated rings. The van der Waals surface area contributed by atoms with Gasteiger partial charge in [-0.25, -0.2) is 17.5 Å². The van der Waals surface area contributed by atoms with Crippen LogP contribution in [0, 0.1) is 5.82 Å². The van der Waals surface area contributed by atoms with Crippen LogP contribution in [0.1, 0.15) is 12.0 Å². The molecular weight excluding hydrogens is 355 g/mol. The maximum Gasteiger partial charge on any atom is 0.240 e. The van der Waals surface area contributed by atoms with Gasteiger partial charge in [-0.15, -0.1) is 0 Å². The second-order valence-corrected chi connectivity index (χ2v) is 7.21. The highest BCUT2D eigenvalue weighted by Gasteiger charge is 2.14. The summed E-state index contributed by atoms with van der Waals surface area (Å²) in [6.07, 6.45) is -0.00594. The van der Waals surface area contributed by atoms with E-state index in [-0.39, 0.29) is 23.8 Å². The Morgan fingerprint density at radius 2 is 1.67 bits per heavy atom. The molecule has 0 aliphatic carbocycles. The fourth-order valence-electron chi connectivity index (χ4n) is 1.89. The summed E-state index contributed by atoms with van der Waals surface area (Å²) in [5, 5.41) is 3.30. The molecule has 128 valence electrons. The Labute approximate surface area is 144 Å². The van der Waals surface area contributed by atoms with Gasteiger partial charge in [0.15, 0.2) is 0 Å². The van der Waals surface area contributed by atoms with Gasteiger partial charge in [-0.05, 0) is 42.0 Å². The number of amides is 1. The van der Waals surface area contributed by atoms with E-state index >= 15 is 0 Å². The summed E-state index contributed by atoms with van der Waals surface area (Å²) in [6, 6.07) is 11.5. The Balaban J connectivity index is 1.77. The number of carbonyl (C=O) groups is 1. The first-order chi connectivity index (χ1) is 11.4. The second kappa shape index (κ2) is 8.23. The van der Waals surface area contributed by atoms with E-state index in [0.29, 0.717) is 11.6 Å². The van der Waals surface area contributed by atoms with Crippen LogP contribution in [-0.4, -0.2) is 20.9 Å². The summed E-state index contributed by atoms with van der Waals surface area (Å²) >= 11 is 5.77. The van der Waals surface area contributed by atoms with E-state index in [9.17, 15) is 17.6 Å². The summed E-state index contributed by atoms with van der Waals surface area (Å²) in [4.78, 5) is 11.7. The first kappa shape index (κ1) is 18.4. The van der Waals surface area contributed by atoms with Gasteiger partial charge < -0.3 is 5.32 Å². The van der Waals surface area contributed by atoms with Crippen molar-refractivity contribution in [3.63, 3.8) is 0 Å². The molecule has 0 unspecified atom stereocenters. The minimum absolute atomic E-state index is 0.00594. The predicted molar refractivity (Wildman–Crippen MR) is 89.5 cm³/mol. The monoisotopic (exact) mass is 370 g/mol. The van der Waals surface area contributed by atoms with Crippen LogP contribution in [0.15, 0.2) is 53.4 Å². The van der Waals surface area contributed by atoms with Gasteiger partial charge in [0.1, 0.15) is 5.82 Å². The number of benzene rings is 2. The first-order valence-corrected chi connectivity index (χ1v) is 8.99. The SMILES string of the molecule is O=C(CCNS(=O)(=O)c1ccc(F)cc1)NCc1ccc(Cl)cc1. The van der Waals surface area contributed by atoms with Crippen LogP contribution < -0.4 is 10.0 Å². The van der Waals surface area contributed by atoms with Crippen LogP contribution in [0.3, 0.4) is 0 Å². The van der Waals surface area contributed by atoms with Gasteiger partial charge in [-0.2, -0.15) is 0 Å². The molecule has 0 spiro atoms. The third-order valence-corrected chi connectivity index (χ3v) is 4.90. The highest BCUT2D eigenvalue weighted by molar-refractivity contribution is 7.89. The smallest absolute Gasteiger partial charge is 0.240 e. The average Bonchev–Trinajstić information content (AvgIpc) is 2.54. The third kappa shape index (κ3) is 5.59. The zero-order valence-corrected chi connectivity index (χ0v) is 14.2. The van der Waals surface area contributed by atoms with Crippen molar-refractivity contribution in [3.05, 3.63) is 64.9 Å². The van der Waals surface area contributed by atoms with Crippen LogP contribution in [0.2, 0.25) is 5.02 Å². The average molecular weight is 371 g/mol. The molecule has 0 aliphatic heterocycles. The Bertz CT molecular complexity index is 793. The van der Waals surface area contributed by atoms with E-state index in [1.807, 2.05) is 0 Å². The molecule has 0 aliphatic rings. The molecule has 24 heavy (non-hydrogen) atoms. The zero-order valence-electron chi connectivity index (χ0n) is 12.6. The van der Waals surface area contributed by atoms with Gasteiger partial charge in [0.25, 0.3) is 0 Å². The van der Waals surface area contributed by atoms with E-state index in [4.69, 9.17) is 11.6 Å². The molecule has 0 saturated heterocycles. The highest BCUT2D eigenvalue weighted by atomic mass is 35.5. The van der Waals surface area contributed by atoms with Crippen molar-refractivity contribution in [2.24, 2.45) is 0 Å². The van der Waals surface area contributed by atoms with Gasteiger partial charge in [0.05, 0.1) is 4.90 Å². The van der Waals surface area contributed by atoms with E-state index < -0.39 is 15.8 Å². The standard InChI is InChI=1S/C16H16ClFN2O3S/c17-13-3-1-12(2-4-13)11-19-16(21)9-10-20-24(22,23)15-7-5-14(18)6-8-15/h1-8,20H,9-11H2,(H,19,21). The molecule has 0 saturated carbocycles. The van der Waals surface area contributed by atoms with Crippen molar-refractivity contribution in [1.82, 2.24) is 10.0 Å². The van der Waals surface area contributed by atoms with Gasteiger partial charge in [0, 0.05) is 24.5 Å². The van der Waals surface area contributed by atoms with Crippen LogP contribution in [0.25, 0.3) is 0 Å². The van der Waals surface area contributed by atoms with E-state index in [1.54, 1.807) is 24.3 Å². The molecule has 0 radical (unpaired) electrons. The number of carbonyl (C=O) groups excluding carboxylic acids is 1. The molecule has 2 aromatic rings. The summed E-state index contributed by atoms with van der Waals surface area (Å²) in [5.41, 5.74) is 0.889. The van der Waals surface area contributed by atoms with Gasteiger partial charge in [0.2, 0.25) is 15.9 Å². The molecule has 0 bridgehead atoms. The van der Waals surface area contributed by atoms with Crippen molar-refractivity contribution in [3.8, 4) is 0 Å². The number of hydrogen-bond donors (Lipinski definition) is 2. The fourth-order valence-corrected chi connectivity index (χ4v) is 3.05. The lowest BCUT2D eigenvalue weighted by Gasteiger charge is -2.08. The van der Waals surface area contributed by atoms with Crippen molar-refractivity contribution < 1.29 is 17.6 Å². The molecule has 0 heterocycles. The second-order valence-electron chi connectivity index (χ2n) is 5.00. The van der Waals surface area contributed by atoms with E-state index in [1.165, 1.54) is 0 Å². The van der Waals surface area contributed by atoms with Crippen molar-refractivity contribution in [1.29, 1.82) is 0 Å². The molecular formula is C16H16ClFN2O3S. The Kier molecular flexibility index (Phi) is 6.30. The van der Waals surface area contributed by atoms with Crippen LogP contribution in [-0.2, 0) is 21.4 Å². The van der Waals surface area contributed by atoms with Gasteiger partial charge in [-0.3, -0.25) is 4.79 Å². The summed E-state index contributed by atoms with van der Waals surface area (Å²) < 4.78 is 39.0. The topological polar surface area (TPSA) is 75.3 Å². The molecule has 1 amide bonds. The van der Waals surface area contributed by atoms with Crippen molar-refractivity contribution in [2.45, 2.75) is 17.9 Å². The largest absolute Gasteiger partial charge is 0.352 e. The molecule has 0 atom stereocenters. The minimum Gasteiger partial charge on any atom is -0.352 e. The van der Waals surface area contributed by atoms with Gasteiger partial charge in [-0.1, -0.05) is 23.7 Å². The molecule has 5 nitrogen and oxygen atoms in total. The molecule has 2 rings (SSSR count). The minimum atomic E-state index is -3.76. The Morgan fingerprint density at radius 1 is 1.04 bits per heavy atom. The van der Waals surface area contributed by atoms with Crippen LogP contribution in [0.4, 0.5) is 4.39 Å². The van der Waals surface area contributed by atoms with Crippen molar-refractivity contribution in [2.75, 3.05) is 6.54 Å². The van der Waals surface area contributed by atoms with E-state index in [2.05, 4.69) is 10.0 Å². The maximum atomic E-state index is 12.8. The van der Waals surface area contributed by atoms with Crippen LogP contribution >= 0.6 is 11.6 Å². The van der Waals surface area contributed by atoms with Crippen molar-refractivity contribution >= 4 is 27.5 Å². The number of hydrogen-bond acceptors (Lipinski definition) is 3. The molecule has 8 heteroatoms. The lowest BCUT2D eigenvalue weighted by Crippen LogP contribution is -2.30. The molecule has 0 aromatic heterocycles. The molecule has 2 aromatic carbocycles. The number of halogens is 2. The Morgan fingerprint density at radius 3 is 2.29 bits per heavy atom. The normalized spacial score (nSPS) is 11.2. The van der Waals surface area contributed by atoms with Gasteiger partial charge >= 0.3 is 0 Å². The third-order valence-electron chi connectivity index (χ3n) is 3.17. The number of sulfonamides is 1. The lowest BCUT2D eigenvalue weighted by atomic mass is 10.2. The maximum absolute atomic E-state index is 12.8. The van der Waals surface area contributed by atoms with E-state index in [0.717, 1.165) is 29.8 Å². The summed E-state index contributed by atoms with van der Waals surface area (Å²) in [7, 11) is -3.76. The predicted octanol–water partition coefficient (Wildman–Crippen LogP) is 2.46. The molecule has 2 N–H and O–H groups in total. The summed E-state index contributed by atoms with van der Waals surface area (Å²) in [6.45, 7) is 0.285. The Hall–Kier alpha value is -1.96. The number of rotatable bonds is 7.